The van der Waals surface area contributed by atoms with E-state index in [0.717, 1.165) is 16.4 Å². The fourth-order valence-electron chi connectivity index (χ4n) is 2.71. The van der Waals surface area contributed by atoms with Gasteiger partial charge in [0.1, 0.15) is 0 Å². The Balaban J connectivity index is 1.67. The van der Waals surface area contributed by atoms with Gasteiger partial charge in [-0.3, -0.25) is 9.36 Å². The van der Waals surface area contributed by atoms with Crippen LogP contribution in [-0.4, -0.2) is 32.3 Å². The molecule has 0 unspecified atom stereocenters. The second kappa shape index (κ2) is 8.09. The van der Waals surface area contributed by atoms with E-state index in [1.54, 1.807) is 18.3 Å². The van der Waals surface area contributed by atoms with Crippen LogP contribution in [0.25, 0.3) is 5.69 Å². The highest BCUT2D eigenvalue weighted by atomic mass is 32.2. The lowest BCUT2D eigenvalue weighted by Gasteiger charge is -2.11. The average Bonchev–Trinajstić information content (AvgIpc) is 3.08. The summed E-state index contributed by atoms with van der Waals surface area (Å²) >= 11 is 1.32. The summed E-state index contributed by atoms with van der Waals surface area (Å²) in [5.74, 6) is -1.09. The number of hydrogen-bond acceptors (Lipinski definition) is 4. The van der Waals surface area contributed by atoms with E-state index >= 15 is 0 Å². The molecule has 2 N–H and O–H groups in total. The number of nitrogens with one attached hydrogen (secondary N) is 1. The molecule has 3 rings (SSSR count). The van der Waals surface area contributed by atoms with Crippen LogP contribution in [0.5, 0.6) is 0 Å². The van der Waals surface area contributed by atoms with Gasteiger partial charge < -0.3 is 10.4 Å². The Morgan fingerprint density at radius 3 is 2.74 bits per heavy atom. The fourth-order valence-corrected chi connectivity index (χ4v) is 3.48. The van der Waals surface area contributed by atoms with E-state index in [-0.39, 0.29) is 17.2 Å². The molecule has 7 heteroatoms. The molecule has 0 saturated heterocycles. The smallest absolute Gasteiger partial charge is 0.335 e. The van der Waals surface area contributed by atoms with E-state index < -0.39 is 5.97 Å². The van der Waals surface area contributed by atoms with Crippen molar-refractivity contribution in [1.82, 2.24) is 9.55 Å². The third-order valence-corrected chi connectivity index (χ3v) is 4.91. The van der Waals surface area contributed by atoms with Crippen LogP contribution in [0.2, 0.25) is 0 Å². The van der Waals surface area contributed by atoms with Crippen molar-refractivity contribution < 1.29 is 14.7 Å². The van der Waals surface area contributed by atoms with Crippen molar-refractivity contribution in [2.45, 2.75) is 19.0 Å². The Hall–Kier alpha value is -3.06. The molecule has 3 aromatic rings. The zero-order valence-electron chi connectivity index (χ0n) is 15.0. The normalized spacial score (nSPS) is 10.6. The van der Waals surface area contributed by atoms with Gasteiger partial charge in [0.2, 0.25) is 5.91 Å². The Morgan fingerprint density at radius 2 is 2.00 bits per heavy atom. The number of benzene rings is 2. The van der Waals surface area contributed by atoms with Crippen LogP contribution in [0.1, 0.15) is 21.5 Å². The van der Waals surface area contributed by atoms with E-state index in [2.05, 4.69) is 16.4 Å². The number of carboxylic acid groups (broad SMARTS) is 1. The molecule has 0 bridgehead atoms. The van der Waals surface area contributed by atoms with Gasteiger partial charge in [0.25, 0.3) is 0 Å². The van der Waals surface area contributed by atoms with E-state index in [0.29, 0.717) is 5.69 Å². The van der Waals surface area contributed by atoms with E-state index in [9.17, 15) is 9.59 Å². The zero-order chi connectivity index (χ0) is 19.4. The topological polar surface area (TPSA) is 84.2 Å². The number of aryl methyl sites for hydroxylation is 2. The first-order valence-electron chi connectivity index (χ1n) is 8.31. The van der Waals surface area contributed by atoms with Crippen molar-refractivity contribution in [3.63, 3.8) is 0 Å². The molecule has 138 valence electrons. The number of amides is 1. The highest BCUT2D eigenvalue weighted by Crippen LogP contribution is 2.23. The van der Waals surface area contributed by atoms with Crippen molar-refractivity contribution in [3.8, 4) is 5.69 Å². The number of anilines is 1. The molecule has 6 nitrogen and oxygen atoms in total. The second-order valence-corrected chi connectivity index (χ2v) is 7.04. The number of hydrogen-bond donors (Lipinski definition) is 2. The minimum atomic E-state index is -1.03. The number of rotatable bonds is 6. The highest BCUT2D eigenvalue weighted by molar-refractivity contribution is 7.99. The number of aromatic nitrogens is 2. The standard InChI is InChI=1S/C20H19N3O3S/c1-13-6-7-17(14(2)10-13)23-9-8-21-20(23)27-12-18(24)22-16-5-3-4-15(11-16)19(25)26/h3-11H,12H2,1-2H3,(H,22,24)(H,25,26). The Kier molecular flexibility index (Phi) is 5.61. The molecule has 0 saturated carbocycles. The van der Waals surface area contributed by atoms with Crippen molar-refractivity contribution in [2.24, 2.45) is 0 Å². The zero-order valence-corrected chi connectivity index (χ0v) is 15.8. The van der Waals surface area contributed by atoms with Gasteiger partial charge in [0.05, 0.1) is 17.0 Å². The van der Waals surface area contributed by atoms with Crippen LogP contribution >= 0.6 is 11.8 Å². The Bertz CT molecular complexity index is 998. The molecule has 1 aromatic heterocycles. The van der Waals surface area contributed by atoms with Gasteiger partial charge in [-0.25, -0.2) is 9.78 Å². The van der Waals surface area contributed by atoms with Gasteiger partial charge in [-0.1, -0.05) is 35.5 Å². The summed E-state index contributed by atoms with van der Waals surface area (Å²) in [6.07, 6.45) is 3.57. The van der Waals surface area contributed by atoms with Crippen LogP contribution in [0.15, 0.2) is 60.0 Å². The summed E-state index contributed by atoms with van der Waals surface area (Å²) in [6, 6.07) is 12.3. The third kappa shape index (κ3) is 4.57. The second-order valence-electron chi connectivity index (χ2n) is 6.09. The number of nitrogens with zero attached hydrogens (tertiary/aromatic N) is 2. The quantitative estimate of drug-likeness (QED) is 0.632. The molecule has 0 aliphatic carbocycles. The molecule has 0 aliphatic rings. The van der Waals surface area contributed by atoms with Gasteiger partial charge in [0.15, 0.2) is 5.16 Å². The number of aromatic carboxylic acids is 1. The van der Waals surface area contributed by atoms with Gasteiger partial charge in [-0.05, 0) is 43.7 Å². The third-order valence-electron chi connectivity index (χ3n) is 3.94. The molecule has 0 spiro atoms. The summed E-state index contributed by atoms with van der Waals surface area (Å²) in [6.45, 7) is 4.09. The van der Waals surface area contributed by atoms with Gasteiger partial charge in [-0.2, -0.15) is 0 Å². The summed E-state index contributed by atoms with van der Waals surface area (Å²) in [5, 5.41) is 12.5. The first-order valence-corrected chi connectivity index (χ1v) is 9.29. The van der Waals surface area contributed by atoms with Crippen LogP contribution in [0.4, 0.5) is 5.69 Å². The van der Waals surface area contributed by atoms with E-state index in [1.807, 2.05) is 36.7 Å². The van der Waals surface area contributed by atoms with Crippen molar-refractivity contribution in [2.75, 3.05) is 11.1 Å². The number of thioether (sulfide) groups is 1. The number of imidazole rings is 1. The van der Waals surface area contributed by atoms with E-state index in [1.165, 1.54) is 29.5 Å². The van der Waals surface area contributed by atoms with Crippen LogP contribution in [0, 0.1) is 13.8 Å². The minimum Gasteiger partial charge on any atom is -0.478 e. The predicted molar refractivity (Wildman–Crippen MR) is 106 cm³/mol. The summed E-state index contributed by atoms with van der Waals surface area (Å²) in [4.78, 5) is 27.6. The fraction of sp³-hybridized carbons (Fsp3) is 0.150. The van der Waals surface area contributed by atoms with E-state index in [4.69, 9.17) is 5.11 Å². The molecular formula is C20H19N3O3S. The van der Waals surface area contributed by atoms with Gasteiger partial charge in [-0.15, -0.1) is 0 Å². The summed E-state index contributed by atoms with van der Waals surface area (Å²) in [7, 11) is 0. The monoisotopic (exact) mass is 381 g/mol. The number of carbonyl (C=O) groups excluding carboxylic acids is 1. The largest absolute Gasteiger partial charge is 0.478 e. The lowest BCUT2D eigenvalue weighted by atomic mass is 10.1. The van der Waals surface area contributed by atoms with Gasteiger partial charge >= 0.3 is 5.97 Å². The van der Waals surface area contributed by atoms with Crippen LogP contribution in [-0.2, 0) is 4.79 Å². The number of carbonyl (C=O) groups is 2. The Morgan fingerprint density at radius 1 is 1.19 bits per heavy atom. The van der Waals surface area contributed by atoms with Gasteiger partial charge in [0, 0.05) is 18.1 Å². The van der Waals surface area contributed by atoms with Crippen LogP contribution < -0.4 is 5.32 Å². The maximum Gasteiger partial charge on any atom is 0.335 e. The molecule has 1 amide bonds. The van der Waals surface area contributed by atoms with Crippen LogP contribution in [0.3, 0.4) is 0 Å². The molecule has 0 atom stereocenters. The predicted octanol–water partition coefficient (Wildman–Crippen LogP) is 3.92. The molecule has 0 radical (unpaired) electrons. The molecule has 27 heavy (non-hydrogen) atoms. The van der Waals surface area contributed by atoms with Crippen molar-refractivity contribution >= 4 is 29.3 Å². The molecule has 2 aromatic carbocycles. The lowest BCUT2D eigenvalue weighted by molar-refractivity contribution is -0.113. The maximum atomic E-state index is 12.2. The molecule has 1 heterocycles. The summed E-state index contributed by atoms with van der Waals surface area (Å²) in [5.41, 5.74) is 3.93. The van der Waals surface area contributed by atoms with Crippen molar-refractivity contribution in [3.05, 3.63) is 71.5 Å². The molecule has 0 fully saturated rings. The minimum absolute atomic E-state index is 0.130. The molecule has 0 aliphatic heterocycles. The number of carboxylic acids is 1. The van der Waals surface area contributed by atoms with Crippen molar-refractivity contribution in [1.29, 1.82) is 0 Å². The highest BCUT2D eigenvalue weighted by Gasteiger charge is 2.11. The summed E-state index contributed by atoms with van der Waals surface area (Å²) < 4.78 is 1.96. The first kappa shape index (κ1) is 18.7. The SMILES string of the molecule is Cc1ccc(-n2ccnc2SCC(=O)Nc2cccc(C(=O)O)c2)c(C)c1. The molecular weight excluding hydrogens is 362 g/mol. The Labute approximate surface area is 161 Å². The average molecular weight is 381 g/mol. The first-order chi connectivity index (χ1) is 12.9. The lowest BCUT2D eigenvalue weighted by Crippen LogP contribution is -2.15. The maximum absolute atomic E-state index is 12.2.